The van der Waals surface area contributed by atoms with Crippen LogP contribution in [0.4, 0.5) is 5.69 Å². The maximum atomic E-state index is 5.34. The Kier molecular flexibility index (Phi) is 3.78. The minimum atomic E-state index is 0.554. The summed E-state index contributed by atoms with van der Waals surface area (Å²) in [5.41, 5.74) is 2.41. The van der Waals surface area contributed by atoms with Crippen LogP contribution in [-0.4, -0.2) is 31.3 Å². The molecule has 3 nitrogen and oxygen atoms in total. The number of morpholine rings is 1. The predicted octanol–water partition coefficient (Wildman–Crippen LogP) is 2.43. The van der Waals surface area contributed by atoms with Crippen molar-refractivity contribution in [3.63, 3.8) is 0 Å². The quantitative estimate of drug-likeness (QED) is 0.782. The fraction of sp³-hybridized carbons (Fsp3) is 0.615. The second-order valence-electron chi connectivity index (χ2n) is 4.35. The van der Waals surface area contributed by atoms with E-state index in [0.717, 1.165) is 32.7 Å². The van der Waals surface area contributed by atoms with Gasteiger partial charge < -0.3 is 9.64 Å². The molecule has 1 aromatic heterocycles. The molecule has 1 atom stereocenters. The van der Waals surface area contributed by atoms with Crippen LogP contribution >= 0.6 is 0 Å². The molecule has 0 spiro atoms. The number of ether oxygens (including phenoxy) is 1. The highest BCUT2D eigenvalue weighted by atomic mass is 16.5. The van der Waals surface area contributed by atoms with Gasteiger partial charge in [-0.3, -0.25) is 4.98 Å². The Balaban J connectivity index is 2.06. The zero-order valence-electron chi connectivity index (χ0n) is 10.1. The van der Waals surface area contributed by atoms with Gasteiger partial charge in [0, 0.05) is 18.8 Å². The zero-order valence-corrected chi connectivity index (χ0v) is 10.1. The minimum absolute atomic E-state index is 0.554. The first-order chi connectivity index (χ1) is 7.81. The SMILES string of the molecule is CCC(C)c1ccc(N2CCOCC2)cn1. The number of hydrogen-bond donors (Lipinski definition) is 0. The highest BCUT2D eigenvalue weighted by Crippen LogP contribution is 2.20. The van der Waals surface area contributed by atoms with Gasteiger partial charge in [0.15, 0.2) is 0 Å². The van der Waals surface area contributed by atoms with Gasteiger partial charge in [-0.1, -0.05) is 13.8 Å². The molecule has 0 aliphatic carbocycles. The van der Waals surface area contributed by atoms with Crippen LogP contribution < -0.4 is 4.90 Å². The Labute approximate surface area is 97.4 Å². The molecule has 0 saturated carbocycles. The highest BCUT2D eigenvalue weighted by molar-refractivity contribution is 5.45. The van der Waals surface area contributed by atoms with E-state index in [-0.39, 0.29) is 0 Å². The van der Waals surface area contributed by atoms with E-state index in [9.17, 15) is 0 Å². The van der Waals surface area contributed by atoms with E-state index in [1.54, 1.807) is 0 Å². The standard InChI is InChI=1S/C13H20N2O/c1-3-11(2)13-5-4-12(10-14-13)15-6-8-16-9-7-15/h4-5,10-11H,3,6-9H2,1-2H3. The average Bonchev–Trinajstić information content (AvgIpc) is 2.39. The van der Waals surface area contributed by atoms with E-state index in [0.29, 0.717) is 5.92 Å². The smallest absolute Gasteiger partial charge is 0.0642 e. The number of nitrogens with zero attached hydrogens (tertiary/aromatic N) is 2. The maximum absolute atomic E-state index is 5.34. The maximum Gasteiger partial charge on any atom is 0.0642 e. The Bertz CT molecular complexity index is 317. The van der Waals surface area contributed by atoms with Gasteiger partial charge in [-0.2, -0.15) is 0 Å². The summed E-state index contributed by atoms with van der Waals surface area (Å²) in [5.74, 6) is 0.554. The van der Waals surface area contributed by atoms with E-state index in [2.05, 4.69) is 35.9 Å². The molecule has 0 aromatic carbocycles. The molecule has 3 heteroatoms. The Morgan fingerprint density at radius 3 is 2.69 bits per heavy atom. The third-order valence-electron chi connectivity index (χ3n) is 3.26. The number of hydrogen-bond acceptors (Lipinski definition) is 3. The fourth-order valence-electron chi connectivity index (χ4n) is 1.91. The van der Waals surface area contributed by atoms with Crippen molar-refractivity contribution < 1.29 is 4.74 Å². The van der Waals surface area contributed by atoms with Crippen LogP contribution in [0.25, 0.3) is 0 Å². The number of rotatable bonds is 3. The molecule has 1 fully saturated rings. The second-order valence-corrected chi connectivity index (χ2v) is 4.35. The van der Waals surface area contributed by atoms with Gasteiger partial charge in [0.05, 0.1) is 25.1 Å². The molecule has 1 aliphatic rings. The molecule has 1 saturated heterocycles. The topological polar surface area (TPSA) is 25.4 Å². The first-order valence-electron chi connectivity index (χ1n) is 6.10. The Hall–Kier alpha value is -1.09. The fourth-order valence-corrected chi connectivity index (χ4v) is 1.91. The van der Waals surface area contributed by atoms with Crippen LogP contribution in [0.3, 0.4) is 0 Å². The van der Waals surface area contributed by atoms with Gasteiger partial charge in [-0.05, 0) is 24.5 Å². The number of pyridine rings is 1. The van der Waals surface area contributed by atoms with E-state index >= 15 is 0 Å². The molecule has 1 aromatic rings. The predicted molar refractivity (Wildman–Crippen MR) is 66.0 cm³/mol. The second kappa shape index (κ2) is 5.30. The van der Waals surface area contributed by atoms with Crippen molar-refractivity contribution in [2.75, 3.05) is 31.2 Å². The summed E-state index contributed by atoms with van der Waals surface area (Å²) in [6.45, 7) is 8.02. The zero-order chi connectivity index (χ0) is 11.4. The third kappa shape index (κ3) is 2.53. The van der Waals surface area contributed by atoms with Crippen LogP contribution in [-0.2, 0) is 4.74 Å². The van der Waals surface area contributed by atoms with Crippen molar-refractivity contribution in [3.05, 3.63) is 24.0 Å². The molecular formula is C13H20N2O. The van der Waals surface area contributed by atoms with Crippen molar-refractivity contribution in [1.82, 2.24) is 4.98 Å². The lowest BCUT2D eigenvalue weighted by atomic mass is 10.0. The normalized spacial score (nSPS) is 18.5. The van der Waals surface area contributed by atoms with Crippen molar-refractivity contribution in [2.24, 2.45) is 0 Å². The van der Waals surface area contributed by atoms with Gasteiger partial charge >= 0.3 is 0 Å². The van der Waals surface area contributed by atoms with Crippen molar-refractivity contribution in [2.45, 2.75) is 26.2 Å². The van der Waals surface area contributed by atoms with Gasteiger partial charge in [0.2, 0.25) is 0 Å². The summed E-state index contributed by atoms with van der Waals surface area (Å²) in [7, 11) is 0. The van der Waals surface area contributed by atoms with E-state index < -0.39 is 0 Å². The molecule has 1 unspecified atom stereocenters. The van der Waals surface area contributed by atoms with Crippen LogP contribution in [0.5, 0.6) is 0 Å². The highest BCUT2D eigenvalue weighted by Gasteiger charge is 2.12. The largest absolute Gasteiger partial charge is 0.378 e. The van der Waals surface area contributed by atoms with E-state index in [4.69, 9.17) is 4.74 Å². The van der Waals surface area contributed by atoms with Gasteiger partial charge in [-0.25, -0.2) is 0 Å². The molecule has 0 amide bonds. The molecule has 88 valence electrons. The molecule has 0 radical (unpaired) electrons. The molecular weight excluding hydrogens is 200 g/mol. The van der Waals surface area contributed by atoms with Gasteiger partial charge in [0.1, 0.15) is 0 Å². The van der Waals surface area contributed by atoms with Crippen molar-refractivity contribution >= 4 is 5.69 Å². The minimum Gasteiger partial charge on any atom is -0.378 e. The lowest BCUT2D eigenvalue weighted by Gasteiger charge is -2.28. The lowest BCUT2D eigenvalue weighted by molar-refractivity contribution is 0.122. The Morgan fingerprint density at radius 2 is 2.12 bits per heavy atom. The first kappa shape index (κ1) is 11.4. The number of anilines is 1. The summed E-state index contributed by atoms with van der Waals surface area (Å²) < 4.78 is 5.34. The molecule has 2 heterocycles. The monoisotopic (exact) mass is 220 g/mol. The summed E-state index contributed by atoms with van der Waals surface area (Å²) in [6.07, 6.45) is 3.14. The van der Waals surface area contributed by atoms with Crippen LogP contribution in [0, 0.1) is 0 Å². The molecule has 1 aliphatic heterocycles. The molecule has 16 heavy (non-hydrogen) atoms. The molecule has 0 N–H and O–H groups in total. The van der Waals surface area contributed by atoms with E-state index in [1.165, 1.54) is 11.4 Å². The van der Waals surface area contributed by atoms with Crippen molar-refractivity contribution in [3.8, 4) is 0 Å². The van der Waals surface area contributed by atoms with Crippen LogP contribution in [0.15, 0.2) is 18.3 Å². The van der Waals surface area contributed by atoms with Crippen molar-refractivity contribution in [1.29, 1.82) is 0 Å². The van der Waals surface area contributed by atoms with E-state index in [1.807, 2.05) is 6.20 Å². The van der Waals surface area contributed by atoms with Crippen LogP contribution in [0.2, 0.25) is 0 Å². The number of aromatic nitrogens is 1. The first-order valence-corrected chi connectivity index (χ1v) is 6.10. The lowest BCUT2D eigenvalue weighted by Crippen LogP contribution is -2.36. The summed E-state index contributed by atoms with van der Waals surface area (Å²) >= 11 is 0. The van der Waals surface area contributed by atoms with Gasteiger partial charge in [0.25, 0.3) is 0 Å². The third-order valence-corrected chi connectivity index (χ3v) is 3.26. The van der Waals surface area contributed by atoms with Crippen LogP contribution in [0.1, 0.15) is 31.9 Å². The Morgan fingerprint density at radius 1 is 1.38 bits per heavy atom. The summed E-state index contributed by atoms with van der Waals surface area (Å²) in [5, 5.41) is 0. The molecule has 0 bridgehead atoms. The average molecular weight is 220 g/mol. The summed E-state index contributed by atoms with van der Waals surface area (Å²) in [4.78, 5) is 6.87. The molecule has 2 rings (SSSR count). The summed E-state index contributed by atoms with van der Waals surface area (Å²) in [6, 6.07) is 4.33. The van der Waals surface area contributed by atoms with Gasteiger partial charge in [-0.15, -0.1) is 0 Å².